The number of nitrogens with zero attached hydrogens (tertiary/aromatic N) is 5. The molecule has 3 aromatic rings. The number of amidine groups is 1. The molecule has 0 saturated heterocycles. The van der Waals surface area contributed by atoms with Gasteiger partial charge in [0.05, 0.1) is 16.1 Å². The average molecular weight is 488 g/mol. The maximum atomic E-state index is 13.2. The van der Waals surface area contributed by atoms with E-state index in [2.05, 4.69) is 25.3 Å². The lowest BCUT2D eigenvalue weighted by atomic mass is 9.98. The maximum absolute atomic E-state index is 13.2. The number of carbonyl (C=O) groups excluding carboxylic acids is 2. The third-order valence-corrected chi connectivity index (χ3v) is 6.31. The zero-order valence-corrected chi connectivity index (χ0v) is 19.9. The molecule has 2 aliphatic heterocycles. The van der Waals surface area contributed by atoms with Crippen molar-refractivity contribution in [2.75, 3.05) is 5.73 Å². The van der Waals surface area contributed by atoms with Crippen LogP contribution in [-0.4, -0.2) is 38.9 Å². The van der Waals surface area contributed by atoms with Gasteiger partial charge in [0.1, 0.15) is 23.9 Å². The Morgan fingerprint density at radius 1 is 1.23 bits per heavy atom. The number of carbonyl (C=O) groups is 2. The lowest BCUT2D eigenvalue weighted by molar-refractivity contribution is -0.122. The largest absolute Gasteiger partial charge is 0.384 e. The predicted molar refractivity (Wildman–Crippen MR) is 135 cm³/mol. The van der Waals surface area contributed by atoms with Crippen molar-refractivity contribution in [2.24, 2.45) is 15.9 Å². The molecule has 0 spiro atoms. The van der Waals surface area contributed by atoms with E-state index in [1.807, 2.05) is 43.0 Å². The van der Waals surface area contributed by atoms with E-state index in [-0.39, 0.29) is 12.5 Å². The van der Waals surface area contributed by atoms with E-state index in [1.54, 1.807) is 18.5 Å². The number of pyridine rings is 2. The molecule has 0 radical (unpaired) electrons. The fourth-order valence-corrected chi connectivity index (χ4v) is 4.58. The number of rotatable bonds is 5. The Kier molecular flexibility index (Phi) is 5.78. The molecule has 0 aliphatic carbocycles. The van der Waals surface area contributed by atoms with Crippen LogP contribution in [0.4, 0.5) is 5.82 Å². The fraction of sp³-hybridized carbons (Fsp3) is 0.200. The van der Waals surface area contributed by atoms with E-state index in [1.165, 1.54) is 6.34 Å². The molecule has 176 valence electrons. The average Bonchev–Trinajstić information content (AvgIpc) is 3.17. The van der Waals surface area contributed by atoms with Gasteiger partial charge < -0.3 is 16.0 Å². The lowest BCUT2D eigenvalue weighted by Gasteiger charge is -2.21. The number of amides is 2. The SMILES string of the molecule is Cc1cc(N)nc(C)c1CNC(=O)C1=CN(Cc2ccc3ncc(Cl)cc3c2)C2=NC=NC(=O)C12. The number of nitrogens with two attached hydrogens (primary N) is 1. The molecule has 0 saturated carbocycles. The van der Waals surface area contributed by atoms with Gasteiger partial charge in [0.2, 0.25) is 5.91 Å². The summed E-state index contributed by atoms with van der Waals surface area (Å²) in [5.74, 6) is -0.720. The number of nitrogen functional groups attached to an aromatic ring is 1. The van der Waals surface area contributed by atoms with Gasteiger partial charge in [-0.15, -0.1) is 0 Å². The first-order chi connectivity index (χ1) is 16.8. The van der Waals surface area contributed by atoms with Crippen LogP contribution in [0.5, 0.6) is 0 Å². The van der Waals surface area contributed by atoms with Crippen LogP contribution in [0.3, 0.4) is 0 Å². The fourth-order valence-electron chi connectivity index (χ4n) is 4.42. The van der Waals surface area contributed by atoms with E-state index in [9.17, 15) is 9.59 Å². The normalized spacial score (nSPS) is 16.8. The van der Waals surface area contributed by atoms with Gasteiger partial charge in [-0.2, -0.15) is 0 Å². The Balaban J connectivity index is 1.40. The summed E-state index contributed by atoms with van der Waals surface area (Å²) >= 11 is 6.10. The van der Waals surface area contributed by atoms with Crippen molar-refractivity contribution in [3.8, 4) is 0 Å². The van der Waals surface area contributed by atoms with Crippen LogP contribution >= 0.6 is 11.6 Å². The number of halogens is 1. The molecular weight excluding hydrogens is 466 g/mol. The molecule has 5 rings (SSSR count). The summed E-state index contributed by atoms with van der Waals surface area (Å²) < 4.78 is 0. The van der Waals surface area contributed by atoms with Gasteiger partial charge in [0.25, 0.3) is 5.91 Å². The van der Waals surface area contributed by atoms with Gasteiger partial charge in [0, 0.05) is 36.6 Å². The number of fused-ring (bicyclic) bond motifs is 2. The van der Waals surface area contributed by atoms with E-state index in [0.717, 1.165) is 33.3 Å². The Hall–Kier alpha value is -4.11. The van der Waals surface area contributed by atoms with Crippen molar-refractivity contribution in [1.29, 1.82) is 0 Å². The van der Waals surface area contributed by atoms with Crippen molar-refractivity contribution >= 4 is 52.3 Å². The summed E-state index contributed by atoms with van der Waals surface area (Å²) in [6.45, 7) is 4.43. The van der Waals surface area contributed by atoms with Crippen molar-refractivity contribution in [1.82, 2.24) is 20.2 Å². The van der Waals surface area contributed by atoms with E-state index in [4.69, 9.17) is 17.3 Å². The van der Waals surface area contributed by atoms with Crippen LogP contribution in [0.2, 0.25) is 5.02 Å². The second kappa shape index (κ2) is 8.92. The van der Waals surface area contributed by atoms with Crippen LogP contribution in [0, 0.1) is 19.8 Å². The molecule has 35 heavy (non-hydrogen) atoms. The molecule has 2 aliphatic rings. The molecule has 1 atom stereocenters. The molecule has 9 nitrogen and oxygen atoms in total. The second-order valence-corrected chi connectivity index (χ2v) is 8.94. The van der Waals surface area contributed by atoms with Gasteiger partial charge in [-0.25, -0.2) is 15.0 Å². The number of hydrogen-bond acceptors (Lipinski definition) is 7. The Morgan fingerprint density at radius 3 is 2.86 bits per heavy atom. The molecule has 0 bridgehead atoms. The first-order valence-corrected chi connectivity index (χ1v) is 11.4. The highest BCUT2D eigenvalue weighted by molar-refractivity contribution is 6.31. The predicted octanol–water partition coefficient (Wildman–Crippen LogP) is 3.08. The number of aryl methyl sites for hydroxylation is 2. The third kappa shape index (κ3) is 4.38. The minimum absolute atomic E-state index is 0.260. The molecule has 1 aromatic carbocycles. The zero-order chi connectivity index (χ0) is 24.7. The van der Waals surface area contributed by atoms with Gasteiger partial charge in [-0.3, -0.25) is 14.6 Å². The Bertz CT molecular complexity index is 1450. The van der Waals surface area contributed by atoms with E-state index >= 15 is 0 Å². The zero-order valence-electron chi connectivity index (χ0n) is 19.1. The lowest BCUT2D eigenvalue weighted by Crippen LogP contribution is -2.36. The molecule has 1 unspecified atom stereocenters. The van der Waals surface area contributed by atoms with Crippen molar-refractivity contribution < 1.29 is 9.59 Å². The highest BCUT2D eigenvalue weighted by Gasteiger charge is 2.41. The van der Waals surface area contributed by atoms with Crippen LogP contribution in [-0.2, 0) is 22.7 Å². The maximum Gasteiger partial charge on any atom is 0.262 e. The third-order valence-electron chi connectivity index (χ3n) is 6.11. The van der Waals surface area contributed by atoms with Crippen LogP contribution in [0.25, 0.3) is 10.9 Å². The highest BCUT2D eigenvalue weighted by Crippen LogP contribution is 2.30. The number of aromatic nitrogens is 2. The molecular formula is C25H22ClN7O2. The smallest absolute Gasteiger partial charge is 0.262 e. The Morgan fingerprint density at radius 2 is 2.06 bits per heavy atom. The number of aliphatic imine (C=N–C) groups is 2. The van der Waals surface area contributed by atoms with Crippen molar-refractivity contribution in [2.45, 2.75) is 26.9 Å². The minimum Gasteiger partial charge on any atom is -0.384 e. The quantitative estimate of drug-likeness (QED) is 0.569. The molecule has 10 heteroatoms. The monoisotopic (exact) mass is 487 g/mol. The van der Waals surface area contributed by atoms with Crippen LogP contribution in [0.15, 0.2) is 58.3 Å². The molecule has 3 N–H and O–H groups in total. The number of hydrogen-bond donors (Lipinski definition) is 2. The standard InChI is InChI=1S/C25H22ClN7O2/c1-13-5-21(27)32-14(2)18(13)9-29-24(34)19-11-33(23-22(19)25(35)31-12-30-23)10-15-3-4-20-16(6-15)7-17(26)8-28-20/h3-8,11-12,22H,9-10H2,1-2H3,(H2,27,32)(H,29,34). The minimum atomic E-state index is -0.844. The summed E-state index contributed by atoms with van der Waals surface area (Å²) in [4.78, 5) is 44.4. The number of nitrogens with one attached hydrogen (secondary N) is 1. The second-order valence-electron chi connectivity index (χ2n) is 8.51. The number of anilines is 1. The van der Waals surface area contributed by atoms with Crippen LogP contribution in [0.1, 0.15) is 22.4 Å². The van der Waals surface area contributed by atoms with Crippen molar-refractivity contribution in [3.05, 3.63) is 75.7 Å². The van der Waals surface area contributed by atoms with E-state index < -0.39 is 11.8 Å². The summed E-state index contributed by atoms with van der Waals surface area (Å²) in [5, 5.41) is 4.37. The van der Waals surface area contributed by atoms with Gasteiger partial charge in [-0.1, -0.05) is 17.7 Å². The molecule has 2 aromatic heterocycles. The topological polar surface area (TPSA) is 126 Å². The molecule has 0 fully saturated rings. The molecule has 4 heterocycles. The van der Waals surface area contributed by atoms with Crippen LogP contribution < -0.4 is 11.1 Å². The van der Waals surface area contributed by atoms with E-state index in [0.29, 0.717) is 28.8 Å². The van der Waals surface area contributed by atoms with Gasteiger partial charge >= 0.3 is 0 Å². The molecule has 2 amide bonds. The summed E-state index contributed by atoms with van der Waals surface area (Å²) in [5.41, 5.74) is 10.4. The first-order valence-electron chi connectivity index (χ1n) is 11.0. The Labute approximate surface area is 206 Å². The van der Waals surface area contributed by atoms with Crippen molar-refractivity contribution in [3.63, 3.8) is 0 Å². The summed E-state index contributed by atoms with van der Waals surface area (Å²) in [7, 11) is 0. The highest BCUT2D eigenvalue weighted by atomic mass is 35.5. The summed E-state index contributed by atoms with van der Waals surface area (Å²) in [6.07, 6.45) is 4.51. The number of benzene rings is 1. The summed E-state index contributed by atoms with van der Waals surface area (Å²) in [6, 6.07) is 9.45. The first kappa shape index (κ1) is 22.7. The van der Waals surface area contributed by atoms with Gasteiger partial charge in [-0.05, 0) is 54.8 Å². The van der Waals surface area contributed by atoms with Gasteiger partial charge in [0.15, 0.2) is 0 Å².